The summed E-state index contributed by atoms with van der Waals surface area (Å²) in [6.07, 6.45) is 2.31. The average molecular weight is 395 g/mol. The first kappa shape index (κ1) is 14.2. The van der Waals surface area contributed by atoms with Crippen molar-refractivity contribution < 1.29 is 0 Å². The molecule has 0 radical (unpaired) electrons. The van der Waals surface area contributed by atoms with Crippen molar-refractivity contribution >= 4 is 37.5 Å². The lowest BCUT2D eigenvalue weighted by Gasteiger charge is -2.19. The molecule has 0 saturated carbocycles. The number of benzene rings is 2. The third-order valence-electron chi connectivity index (χ3n) is 3.93. The molecule has 3 rings (SSSR count). The fourth-order valence-electron chi connectivity index (χ4n) is 3.01. The van der Waals surface area contributed by atoms with Gasteiger partial charge in [-0.15, -0.1) is 0 Å². The van der Waals surface area contributed by atoms with E-state index in [1.165, 1.54) is 32.4 Å². The molecule has 0 amide bonds. The quantitative estimate of drug-likeness (QED) is 0.665. The van der Waals surface area contributed by atoms with E-state index in [0.717, 1.165) is 17.3 Å². The Morgan fingerprint density at radius 1 is 1.10 bits per heavy atom. The monoisotopic (exact) mass is 393 g/mol. The van der Waals surface area contributed by atoms with Crippen LogP contribution in [-0.4, -0.2) is 0 Å². The van der Waals surface area contributed by atoms with Gasteiger partial charge in [0.1, 0.15) is 0 Å². The summed E-state index contributed by atoms with van der Waals surface area (Å²) in [6, 6.07) is 11.4. The molecule has 2 aromatic carbocycles. The number of rotatable bonds is 2. The van der Waals surface area contributed by atoms with E-state index < -0.39 is 0 Å². The first-order valence-corrected chi connectivity index (χ1v) is 8.45. The number of fused-ring (bicyclic) bond motifs is 1. The summed E-state index contributed by atoms with van der Waals surface area (Å²) in [4.78, 5) is 0. The molecule has 0 aromatic heterocycles. The van der Waals surface area contributed by atoms with E-state index >= 15 is 0 Å². The van der Waals surface area contributed by atoms with E-state index in [1.54, 1.807) is 0 Å². The molecule has 1 unspecified atom stereocenters. The second kappa shape index (κ2) is 5.53. The molecule has 0 heterocycles. The van der Waals surface area contributed by atoms with Gasteiger partial charge in [-0.25, -0.2) is 0 Å². The fourth-order valence-corrected chi connectivity index (χ4v) is 4.21. The molecule has 1 aliphatic carbocycles. The summed E-state index contributed by atoms with van der Waals surface area (Å²) >= 11 is 7.24. The Hall–Kier alpha value is -0.800. The predicted octanol–water partition coefficient (Wildman–Crippen LogP) is 5.93. The molecule has 2 aromatic rings. The Balaban J connectivity index is 1.91. The van der Waals surface area contributed by atoms with Gasteiger partial charge in [0.2, 0.25) is 0 Å². The summed E-state index contributed by atoms with van der Waals surface area (Å²) in [6.45, 7) is 4.29. The normalized spacial score (nSPS) is 17.1. The first-order valence-electron chi connectivity index (χ1n) is 6.86. The Bertz CT molecular complexity index is 641. The molecule has 0 aliphatic heterocycles. The molecule has 1 atom stereocenters. The lowest BCUT2D eigenvalue weighted by Crippen LogP contribution is -2.09. The highest BCUT2D eigenvalue weighted by molar-refractivity contribution is 9.10. The maximum absolute atomic E-state index is 3.72. The molecule has 1 N–H and O–H groups in total. The molecule has 1 nitrogen and oxygen atoms in total. The molecule has 0 bridgehead atoms. The van der Waals surface area contributed by atoms with Gasteiger partial charge in [-0.05, 0) is 83.1 Å². The van der Waals surface area contributed by atoms with Gasteiger partial charge in [-0.1, -0.05) is 28.1 Å². The Morgan fingerprint density at radius 3 is 2.65 bits per heavy atom. The van der Waals surface area contributed by atoms with Crippen LogP contribution in [0.25, 0.3) is 0 Å². The van der Waals surface area contributed by atoms with Gasteiger partial charge in [-0.3, -0.25) is 0 Å². The summed E-state index contributed by atoms with van der Waals surface area (Å²) in [5.74, 6) is 0. The summed E-state index contributed by atoms with van der Waals surface area (Å²) in [5, 5.41) is 3.72. The predicted molar refractivity (Wildman–Crippen MR) is 92.4 cm³/mol. The first-order chi connectivity index (χ1) is 9.54. The van der Waals surface area contributed by atoms with Crippen LogP contribution in [-0.2, 0) is 6.42 Å². The lowest BCUT2D eigenvalue weighted by atomic mass is 10.1. The van der Waals surface area contributed by atoms with Crippen LogP contribution >= 0.6 is 31.9 Å². The zero-order chi connectivity index (χ0) is 14.3. The van der Waals surface area contributed by atoms with Crippen molar-refractivity contribution in [3.8, 4) is 0 Å². The van der Waals surface area contributed by atoms with Crippen LogP contribution in [0, 0.1) is 13.8 Å². The third-order valence-corrected chi connectivity index (χ3v) is 5.05. The molecular formula is C17H17Br2N. The van der Waals surface area contributed by atoms with Crippen LogP contribution in [0.5, 0.6) is 0 Å². The molecule has 1 aliphatic rings. The van der Waals surface area contributed by atoms with Crippen molar-refractivity contribution in [3.05, 3.63) is 61.5 Å². The Kier molecular flexibility index (Phi) is 3.91. The third kappa shape index (κ3) is 2.66. The van der Waals surface area contributed by atoms with Gasteiger partial charge in [-0.2, -0.15) is 0 Å². The number of hydrogen-bond acceptors (Lipinski definition) is 1. The largest absolute Gasteiger partial charge is 0.377 e. The summed E-state index contributed by atoms with van der Waals surface area (Å²) in [7, 11) is 0. The minimum Gasteiger partial charge on any atom is -0.377 e. The zero-order valence-electron chi connectivity index (χ0n) is 11.6. The highest BCUT2D eigenvalue weighted by Crippen LogP contribution is 2.38. The fraction of sp³-hybridized carbons (Fsp3) is 0.294. The van der Waals surface area contributed by atoms with Gasteiger partial charge in [0.15, 0.2) is 0 Å². The minimum atomic E-state index is 0.413. The molecule has 104 valence electrons. The Labute approximate surface area is 137 Å². The van der Waals surface area contributed by atoms with Crippen LogP contribution in [0.3, 0.4) is 0 Å². The van der Waals surface area contributed by atoms with Crippen LogP contribution in [0.15, 0.2) is 39.3 Å². The number of halogens is 2. The topological polar surface area (TPSA) is 12.0 Å². The van der Waals surface area contributed by atoms with E-state index in [1.807, 2.05) is 0 Å². The summed E-state index contributed by atoms with van der Waals surface area (Å²) in [5.41, 5.74) is 6.69. The highest BCUT2D eigenvalue weighted by Gasteiger charge is 2.23. The van der Waals surface area contributed by atoms with Gasteiger partial charge in [0.25, 0.3) is 0 Å². The minimum absolute atomic E-state index is 0.413. The van der Waals surface area contributed by atoms with Crippen LogP contribution < -0.4 is 5.32 Å². The van der Waals surface area contributed by atoms with Gasteiger partial charge in [0.05, 0.1) is 11.7 Å². The van der Waals surface area contributed by atoms with Crippen molar-refractivity contribution in [3.63, 3.8) is 0 Å². The van der Waals surface area contributed by atoms with Crippen LogP contribution in [0.1, 0.15) is 34.7 Å². The number of hydrogen-bond donors (Lipinski definition) is 1. The molecular weight excluding hydrogens is 378 g/mol. The molecule has 0 fully saturated rings. The lowest BCUT2D eigenvalue weighted by molar-refractivity contribution is 0.760. The smallest absolute Gasteiger partial charge is 0.0520 e. The van der Waals surface area contributed by atoms with E-state index in [-0.39, 0.29) is 0 Å². The van der Waals surface area contributed by atoms with Gasteiger partial charge < -0.3 is 5.32 Å². The maximum Gasteiger partial charge on any atom is 0.0520 e. The molecule has 0 saturated heterocycles. The molecule has 20 heavy (non-hydrogen) atoms. The molecule has 0 spiro atoms. The van der Waals surface area contributed by atoms with Crippen LogP contribution in [0.2, 0.25) is 0 Å². The zero-order valence-corrected chi connectivity index (χ0v) is 14.8. The standard InChI is InChI=1S/C17H17Br2N/c1-10-7-11(2)17(15(19)8-10)20-16-6-3-12-9-13(18)4-5-14(12)16/h4-5,7-9,16,20H,3,6H2,1-2H3. The van der Waals surface area contributed by atoms with E-state index in [2.05, 4.69) is 81.4 Å². The van der Waals surface area contributed by atoms with Crippen LogP contribution in [0.4, 0.5) is 5.69 Å². The van der Waals surface area contributed by atoms with Crippen molar-refractivity contribution in [2.75, 3.05) is 5.32 Å². The van der Waals surface area contributed by atoms with E-state index in [4.69, 9.17) is 0 Å². The van der Waals surface area contributed by atoms with Gasteiger partial charge in [0, 0.05) is 8.95 Å². The maximum atomic E-state index is 3.72. The summed E-state index contributed by atoms with van der Waals surface area (Å²) < 4.78 is 2.32. The SMILES string of the molecule is Cc1cc(C)c(NC2CCc3cc(Br)ccc32)c(Br)c1. The van der Waals surface area contributed by atoms with E-state index in [0.29, 0.717) is 6.04 Å². The van der Waals surface area contributed by atoms with Crippen molar-refractivity contribution in [2.24, 2.45) is 0 Å². The van der Waals surface area contributed by atoms with Gasteiger partial charge >= 0.3 is 0 Å². The van der Waals surface area contributed by atoms with Crippen molar-refractivity contribution in [1.29, 1.82) is 0 Å². The van der Waals surface area contributed by atoms with Crippen molar-refractivity contribution in [2.45, 2.75) is 32.7 Å². The number of anilines is 1. The highest BCUT2D eigenvalue weighted by atomic mass is 79.9. The number of nitrogens with one attached hydrogen (secondary N) is 1. The number of aryl methyl sites for hydroxylation is 3. The van der Waals surface area contributed by atoms with Crippen molar-refractivity contribution in [1.82, 2.24) is 0 Å². The van der Waals surface area contributed by atoms with E-state index in [9.17, 15) is 0 Å². The Morgan fingerprint density at radius 2 is 1.90 bits per heavy atom. The second-order valence-electron chi connectivity index (χ2n) is 5.52. The molecule has 3 heteroatoms. The average Bonchev–Trinajstić information content (AvgIpc) is 2.76. The second-order valence-corrected chi connectivity index (χ2v) is 7.29.